The first-order valence-corrected chi connectivity index (χ1v) is 8.64. The van der Waals surface area contributed by atoms with Crippen molar-refractivity contribution in [3.8, 4) is 0 Å². The van der Waals surface area contributed by atoms with Gasteiger partial charge in [0.15, 0.2) is 17.3 Å². The van der Waals surface area contributed by atoms with Crippen LogP contribution in [0.2, 0.25) is 0 Å². The van der Waals surface area contributed by atoms with Gasteiger partial charge in [0.25, 0.3) is 0 Å². The van der Waals surface area contributed by atoms with Gasteiger partial charge in [-0.15, -0.1) is 0 Å². The molecule has 0 aliphatic rings. The zero-order valence-corrected chi connectivity index (χ0v) is 17.6. The first kappa shape index (κ1) is 27.0. The molecular weight excluding hydrogens is 450 g/mol. The van der Waals surface area contributed by atoms with Crippen molar-refractivity contribution in [3.05, 3.63) is 68.5 Å². The number of rotatable bonds is 9. The molecule has 0 aromatic carbocycles. The van der Waals surface area contributed by atoms with E-state index in [0.717, 1.165) is 0 Å². The van der Waals surface area contributed by atoms with Gasteiger partial charge >= 0.3 is 17.1 Å². The summed E-state index contributed by atoms with van der Waals surface area (Å²) in [5, 5.41) is 59.7. The Morgan fingerprint density at radius 1 is 0.576 bits per heavy atom. The van der Waals surface area contributed by atoms with Crippen LogP contribution in [-0.2, 0) is 31.6 Å². The predicted octanol–water partition coefficient (Wildman–Crippen LogP) is -2.91. The highest BCUT2D eigenvalue weighted by atomic mass is 16.4. The number of Topliss-reactive ketones (excluding diaryl/α,β-unsaturated/α-hetero) is 3. The number of carbonyl (C=O) groups is 3. The third-order valence-electron chi connectivity index (χ3n) is 4.53. The zero-order valence-electron chi connectivity index (χ0n) is 17.6. The van der Waals surface area contributed by atoms with Crippen LogP contribution in [0.5, 0.6) is 0 Å². The fraction of sp³-hybridized carbons (Fsp3) is 0.333. The Kier molecular flexibility index (Phi) is 6.63. The summed E-state index contributed by atoms with van der Waals surface area (Å²) < 4.78 is -1.49. The maximum absolute atomic E-state index is 13.0. The molecule has 1 heterocycles. The zero-order chi connectivity index (χ0) is 26.4. The van der Waals surface area contributed by atoms with E-state index in [1.807, 2.05) is 0 Å². The molecular formula is C18H21N3O12. The van der Waals surface area contributed by atoms with E-state index in [1.54, 1.807) is 0 Å². The van der Waals surface area contributed by atoms with Crippen LogP contribution in [0.4, 0.5) is 0 Å². The number of hydrogen-bond acceptors (Lipinski definition) is 12. The Morgan fingerprint density at radius 2 is 0.727 bits per heavy atom. The molecule has 6 N–H and O–H groups in total. The lowest BCUT2D eigenvalue weighted by Gasteiger charge is -2.31. The molecule has 0 aliphatic carbocycles. The molecule has 0 aliphatic heterocycles. The van der Waals surface area contributed by atoms with E-state index in [4.69, 9.17) is 0 Å². The second-order valence-corrected chi connectivity index (χ2v) is 7.24. The summed E-state index contributed by atoms with van der Waals surface area (Å²) in [7, 11) is 0. The van der Waals surface area contributed by atoms with Crippen molar-refractivity contribution >= 4 is 17.3 Å². The van der Waals surface area contributed by atoms with Crippen LogP contribution < -0.4 is 17.1 Å². The molecule has 15 nitrogen and oxygen atoms in total. The maximum atomic E-state index is 13.0. The fourth-order valence-electron chi connectivity index (χ4n) is 2.79. The van der Waals surface area contributed by atoms with Crippen molar-refractivity contribution in [1.82, 2.24) is 13.7 Å². The predicted molar refractivity (Wildman–Crippen MR) is 107 cm³/mol. The lowest BCUT2D eigenvalue weighted by Crippen LogP contribution is -2.69. The fourth-order valence-corrected chi connectivity index (χ4v) is 2.79. The highest BCUT2D eigenvalue weighted by Gasteiger charge is 2.47. The van der Waals surface area contributed by atoms with E-state index in [-0.39, 0.29) is 0 Å². The van der Waals surface area contributed by atoms with E-state index in [1.165, 1.54) is 0 Å². The van der Waals surface area contributed by atoms with E-state index >= 15 is 0 Å². The molecule has 0 radical (unpaired) electrons. The van der Waals surface area contributed by atoms with Crippen LogP contribution in [-0.4, -0.2) is 61.7 Å². The van der Waals surface area contributed by atoms with Gasteiger partial charge in [-0.05, 0) is 20.8 Å². The third-order valence-corrected chi connectivity index (χ3v) is 4.53. The summed E-state index contributed by atoms with van der Waals surface area (Å²) in [6, 6.07) is 0. The average Bonchev–Trinajstić information content (AvgIpc) is 2.64. The van der Waals surface area contributed by atoms with E-state index < -0.39 is 82.6 Å². The second kappa shape index (κ2) is 8.12. The summed E-state index contributed by atoms with van der Waals surface area (Å²) in [5.74, 6) is -9.49. The number of carbonyl (C=O) groups excluding carboxylic acids is 3. The van der Waals surface area contributed by atoms with Gasteiger partial charge in [0.1, 0.15) is 0 Å². The number of aliphatic hydroxyl groups is 6. The van der Waals surface area contributed by atoms with Crippen molar-refractivity contribution in [2.24, 2.45) is 0 Å². The molecule has 0 fully saturated rings. The van der Waals surface area contributed by atoms with Gasteiger partial charge in [-0.1, -0.05) is 19.7 Å². The van der Waals surface area contributed by atoms with Gasteiger partial charge in [0.05, 0.1) is 0 Å². The second-order valence-electron chi connectivity index (χ2n) is 7.24. The Labute approximate surface area is 183 Å². The summed E-state index contributed by atoms with van der Waals surface area (Å²) in [4.78, 5) is 75.5. The molecule has 0 spiro atoms. The molecule has 15 heteroatoms. The van der Waals surface area contributed by atoms with Crippen molar-refractivity contribution in [2.75, 3.05) is 0 Å². The minimum Gasteiger partial charge on any atom is -0.505 e. The standard InChI is InChI=1S/C18H21N3O12/c1-7(22)10(25)16(4,31)19-13(28)20(17(5,32)11(26)8(2)23)15(30)21(14(19)29)18(6,33)12(27)9(3)24/h22-24,31-33H,1-3H2,4-6H3. The highest BCUT2D eigenvalue weighted by Crippen LogP contribution is 2.18. The van der Waals surface area contributed by atoms with Gasteiger partial charge in [-0.3, -0.25) is 14.4 Å². The Balaban J connectivity index is 4.51. The number of hydrogen-bond donors (Lipinski definition) is 6. The quantitative estimate of drug-likeness (QED) is 0.157. The molecule has 180 valence electrons. The lowest BCUT2D eigenvalue weighted by atomic mass is 10.1. The Morgan fingerprint density at radius 3 is 0.848 bits per heavy atom. The molecule has 3 atom stereocenters. The van der Waals surface area contributed by atoms with Crippen molar-refractivity contribution < 1.29 is 45.0 Å². The normalized spacial score (nSPS) is 16.5. The van der Waals surface area contributed by atoms with Crippen LogP contribution in [0.25, 0.3) is 0 Å². The first-order valence-electron chi connectivity index (χ1n) is 8.64. The molecule has 0 bridgehead atoms. The maximum Gasteiger partial charge on any atom is 0.341 e. The first-order chi connectivity index (χ1) is 14.7. The minimum absolute atomic E-state index is 0.460. The summed E-state index contributed by atoms with van der Waals surface area (Å²) in [6.45, 7) is 9.86. The number of nitrogens with zero attached hydrogens (tertiary/aromatic N) is 3. The molecule has 0 saturated carbocycles. The summed E-state index contributed by atoms with van der Waals surface area (Å²) in [5.41, 5.74) is -16.3. The molecule has 0 saturated heterocycles. The summed E-state index contributed by atoms with van der Waals surface area (Å²) in [6.07, 6.45) is 0. The third kappa shape index (κ3) is 4.07. The van der Waals surface area contributed by atoms with E-state index in [2.05, 4.69) is 19.7 Å². The number of aliphatic hydroxyl groups excluding tert-OH is 3. The van der Waals surface area contributed by atoms with Crippen molar-refractivity contribution in [3.63, 3.8) is 0 Å². The van der Waals surface area contributed by atoms with Crippen LogP contribution in [0.15, 0.2) is 51.4 Å². The SMILES string of the molecule is C=C(O)C(=O)C(C)(O)n1c(=O)n(C(C)(O)C(=O)C(=C)O)c(=O)n(C(C)(O)C(=O)C(=C)O)c1=O. The monoisotopic (exact) mass is 471 g/mol. The largest absolute Gasteiger partial charge is 0.505 e. The molecule has 0 amide bonds. The van der Waals surface area contributed by atoms with Crippen LogP contribution in [0.3, 0.4) is 0 Å². The molecule has 33 heavy (non-hydrogen) atoms. The highest BCUT2D eigenvalue weighted by molar-refractivity contribution is 5.98. The lowest BCUT2D eigenvalue weighted by molar-refractivity contribution is -0.153. The smallest absolute Gasteiger partial charge is 0.341 e. The molecule has 1 aromatic rings. The van der Waals surface area contributed by atoms with Gasteiger partial charge in [-0.25, -0.2) is 28.1 Å². The van der Waals surface area contributed by atoms with E-state index in [9.17, 15) is 59.4 Å². The number of aromatic nitrogens is 3. The van der Waals surface area contributed by atoms with Crippen LogP contribution in [0.1, 0.15) is 20.8 Å². The van der Waals surface area contributed by atoms with E-state index in [0.29, 0.717) is 20.8 Å². The number of ketones is 3. The van der Waals surface area contributed by atoms with Gasteiger partial charge in [0.2, 0.25) is 34.5 Å². The van der Waals surface area contributed by atoms with Gasteiger partial charge in [-0.2, -0.15) is 0 Å². The topological polar surface area (TPSA) is 239 Å². The molecule has 3 unspecified atom stereocenters. The average molecular weight is 471 g/mol. The van der Waals surface area contributed by atoms with Crippen molar-refractivity contribution in [2.45, 2.75) is 37.9 Å². The van der Waals surface area contributed by atoms with Gasteiger partial charge < -0.3 is 30.6 Å². The van der Waals surface area contributed by atoms with Crippen molar-refractivity contribution in [1.29, 1.82) is 0 Å². The molecule has 1 aromatic heterocycles. The van der Waals surface area contributed by atoms with Gasteiger partial charge in [0, 0.05) is 0 Å². The van der Waals surface area contributed by atoms with Crippen LogP contribution >= 0.6 is 0 Å². The van der Waals surface area contributed by atoms with Crippen LogP contribution in [0, 0.1) is 0 Å². The Bertz CT molecular complexity index is 1100. The summed E-state index contributed by atoms with van der Waals surface area (Å²) >= 11 is 0. The minimum atomic E-state index is -3.37. The molecule has 1 rings (SSSR count). The Hall–Kier alpha value is -4.08.